The van der Waals surface area contributed by atoms with Crippen molar-refractivity contribution in [3.8, 4) is 11.1 Å². The summed E-state index contributed by atoms with van der Waals surface area (Å²) < 4.78 is 6.48. The largest absolute Gasteiger partial charge is 0.481 e. The number of aryl methyl sites for hydroxylation is 3. The molecular formula is C16H15N3O4. The molecule has 0 atom stereocenters. The van der Waals surface area contributed by atoms with Gasteiger partial charge in [0.1, 0.15) is 5.76 Å². The van der Waals surface area contributed by atoms with E-state index in [2.05, 4.69) is 10.1 Å². The fourth-order valence-electron chi connectivity index (χ4n) is 2.58. The third kappa shape index (κ3) is 2.73. The summed E-state index contributed by atoms with van der Waals surface area (Å²) in [6, 6.07) is 5.37. The highest BCUT2D eigenvalue weighted by atomic mass is 16.5. The normalized spacial score (nSPS) is 11.0. The lowest BCUT2D eigenvalue weighted by molar-refractivity contribution is -0.137. The fraction of sp³-hybridized carbons (Fsp3) is 0.250. The summed E-state index contributed by atoms with van der Waals surface area (Å²) >= 11 is 0. The monoisotopic (exact) mass is 313 g/mol. The molecule has 2 aromatic heterocycles. The van der Waals surface area contributed by atoms with Crippen molar-refractivity contribution in [2.75, 3.05) is 0 Å². The van der Waals surface area contributed by atoms with E-state index in [1.165, 1.54) is 10.9 Å². The average Bonchev–Trinajstić information content (AvgIpc) is 2.85. The van der Waals surface area contributed by atoms with Gasteiger partial charge in [0.05, 0.1) is 29.3 Å². The van der Waals surface area contributed by atoms with Crippen LogP contribution in [0.3, 0.4) is 0 Å². The van der Waals surface area contributed by atoms with Crippen LogP contribution in [0.15, 0.2) is 33.8 Å². The number of nitrogens with zero attached hydrogens (tertiary/aromatic N) is 3. The lowest BCUT2D eigenvalue weighted by Crippen LogP contribution is -2.22. The maximum atomic E-state index is 12.5. The minimum atomic E-state index is -0.957. The summed E-state index contributed by atoms with van der Waals surface area (Å²) in [7, 11) is 0. The van der Waals surface area contributed by atoms with E-state index in [4.69, 9.17) is 9.63 Å². The van der Waals surface area contributed by atoms with E-state index in [-0.39, 0.29) is 18.5 Å². The van der Waals surface area contributed by atoms with Gasteiger partial charge in [0.15, 0.2) is 0 Å². The van der Waals surface area contributed by atoms with Gasteiger partial charge in [0.25, 0.3) is 5.56 Å². The Morgan fingerprint density at radius 1 is 1.35 bits per heavy atom. The number of fused-ring (bicyclic) bond motifs is 1. The Morgan fingerprint density at radius 3 is 2.78 bits per heavy atom. The molecule has 7 nitrogen and oxygen atoms in total. The minimum absolute atomic E-state index is 0.0899. The lowest BCUT2D eigenvalue weighted by Gasteiger charge is -2.06. The van der Waals surface area contributed by atoms with Gasteiger partial charge < -0.3 is 9.63 Å². The molecule has 0 unspecified atom stereocenters. The third-order valence-corrected chi connectivity index (χ3v) is 3.71. The van der Waals surface area contributed by atoms with Gasteiger partial charge in [-0.3, -0.25) is 14.2 Å². The van der Waals surface area contributed by atoms with E-state index in [0.717, 1.165) is 16.8 Å². The van der Waals surface area contributed by atoms with Crippen LogP contribution >= 0.6 is 0 Å². The molecule has 0 fully saturated rings. The number of hydrogen-bond acceptors (Lipinski definition) is 5. The second-order valence-electron chi connectivity index (χ2n) is 5.32. The number of benzene rings is 1. The number of aromatic nitrogens is 3. The van der Waals surface area contributed by atoms with Gasteiger partial charge in [-0.05, 0) is 31.5 Å². The van der Waals surface area contributed by atoms with Crippen LogP contribution in [0.25, 0.3) is 22.0 Å². The van der Waals surface area contributed by atoms with Gasteiger partial charge in [0, 0.05) is 12.1 Å². The molecule has 1 aromatic carbocycles. The topological polar surface area (TPSA) is 98.2 Å². The number of carboxylic acids is 1. The van der Waals surface area contributed by atoms with Gasteiger partial charge in [-0.15, -0.1) is 0 Å². The highest BCUT2D eigenvalue weighted by molar-refractivity contribution is 5.84. The molecule has 3 rings (SSSR count). The number of aliphatic carboxylic acids is 1. The standard InChI is InChI=1S/C16H15N3O4/c1-9-15(10(2)23-18-9)11-3-4-13-12(7-11)16(22)19(8-17-13)6-5-14(20)21/h3-4,7-8H,5-6H2,1-2H3,(H,20,21). The van der Waals surface area contributed by atoms with Crippen molar-refractivity contribution >= 4 is 16.9 Å². The zero-order valence-electron chi connectivity index (χ0n) is 12.7. The van der Waals surface area contributed by atoms with E-state index >= 15 is 0 Å². The minimum Gasteiger partial charge on any atom is -0.481 e. The summed E-state index contributed by atoms with van der Waals surface area (Å²) in [5, 5.41) is 13.1. The van der Waals surface area contributed by atoms with Crippen LogP contribution < -0.4 is 5.56 Å². The second kappa shape index (κ2) is 5.68. The van der Waals surface area contributed by atoms with Crippen LogP contribution in [0.2, 0.25) is 0 Å². The summed E-state index contributed by atoms with van der Waals surface area (Å²) in [5.74, 6) is -0.279. The van der Waals surface area contributed by atoms with Gasteiger partial charge in [0.2, 0.25) is 0 Å². The smallest absolute Gasteiger partial charge is 0.305 e. The maximum Gasteiger partial charge on any atom is 0.305 e. The van der Waals surface area contributed by atoms with Crippen LogP contribution in [0, 0.1) is 13.8 Å². The molecular weight excluding hydrogens is 298 g/mol. The molecule has 3 aromatic rings. The van der Waals surface area contributed by atoms with E-state index in [1.54, 1.807) is 12.1 Å². The Kier molecular flexibility index (Phi) is 3.69. The SMILES string of the molecule is Cc1noc(C)c1-c1ccc2ncn(CCC(=O)O)c(=O)c2c1. The molecule has 1 N–H and O–H groups in total. The molecule has 0 aliphatic carbocycles. The Balaban J connectivity index is 2.13. The predicted molar refractivity (Wildman–Crippen MR) is 83.2 cm³/mol. The van der Waals surface area contributed by atoms with Crippen molar-refractivity contribution in [3.63, 3.8) is 0 Å². The molecule has 0 saturated heterocycles. The van der Waals surface area contributed by atoms with Crippen LogP contribution in [-0.2, 0) is 11.3 Å². The number of rotatable bonds is 4. The summed E-state index contributed by atoms with van der Waals surface area (Å²) in [5.41, 5.74) is 2.73. The van der Waals surface area contributed by atoms with Gasteiger partial charge >= 0.3 is 5.97 Å². The maximum absolute atomic E-state index is 12.5. The van der Waals surface area contributed by atoms with E-state index < -0.39 is 5.97 Å². The van der Waals surface area contributed by atoms with Gasteiger partial charge in [-0.1, -0.05) is 11.2 Å². The van der Waals surface area contributed by atoms with Crippen LogP contribution in [0.1, 0.15) is 17.9 Å². The molecule has 7 heteroatoms. The Morgan fingerprint density at radius 2 is 2.13 bits per heavy atom. The molecule has 0 radical (unpaired) electrons. The molecule has 0 aliphatic rings. The first-order valence-corrected chi connectivity index (χ1v) is 7.11. The fourth-order valence-corrected chi connectivity index (χ4v) is 2.58. The molecule has 0 saturated carbocycles. The highest BCUT2D eigenvalue weighted by Gasteiger charge is 2.13. The molecule has 23 heavy (non-hydrogen) atoms. The predicted octanol–water partition coefficient (Wildman–Crippen LogP) is 2.14. The van der Waals surface area contributed by atoms with Crippen molar-refractivity contribution < 1.29 is 14.4 Å². The Hall–Kier alpha value is -2.96. The summed E-state index contributed by atoms with van der Waals surface area (Å²) in [6.45, 7) is 3.74. The van der Waals surface area contributed by atoms with Crippen molar-refractivity contribution in [1.82, 2.24) is 14.7 Å². The quantitative estimate of drug-likeness (QED) is 0.792. The lowest BCUT2D eigenvalue weighted by atomic mass is 10.0. The average molecular weight is 313 g/mol. The number of carbonyl (C=O) groups is 1. The first kappa shape index (κ1) is 15.0. The second-order valence-corrected chi connectivity index (χ2v) is 5.32. The first-order valence-electron chi connectivity index (χ1n) is 7.11. The van der Waals surface area contributed by atoms with Crippen LogP contribution in [-0.4, -0.2) is 25.8 Å². The molecule has 118 valence electrons. The summed E-state index contributed by atoms with van der Waals surface area (Å²) in [6.07, 6.45) is 1.25. The zero-order chi connectivity index (χ0) is 16.6. The highest BCUT2D eigenvalue weighted by Crippen LogP contribution is 2.28. The van der Waals surface area contributed by atoms with E-state index in [0.29, 0.717) is 16.7 Å². The molecule has 0 amide bonds. The molecule has 0 spiro atoms. The van der Waals surface area contributed by atoms with Crippen LogP contribution in [0.4, 0.5) is 0 Å². The van der Waals surface area contributed by atoms with Gasteiger partial charge in [-0.25, -0.2) is 4.98 Å². The Bertz CT molecular complexity index is 936. The van der Waals surface area contributed by atoms with Crippen molar-refractivity contribution in [2.45, 2.75) is 26.8 Å². The first-order chi connectivity index (χ1) is 11.0. The van der Waals surface area contributed by atoms with Crippen molar-refractivity contribution in [3.05, 3.63) is 46.3 Å². The Labute approximate surface area is 131 Å². The number of hydrogen-bond donors (Lipinski definition) is 1. The van der Waals surface area contributed by atoms with E-state index in [9.17, 15) is 9.59 Å². The van der Waals surface area contributed by atoms with Crippen molar-refractivity contribution in [2.24, 2.45) is 0 Å². The van der Waals surface area contributed by atoms with E-state index in [1.807, 2.05) is 19.9 Å². The molecule has 0 bridgehead atoms. The van der Waals surface area contributed by atoms with Crippen molar-refractivity contribution in [1.29, 1.82) is 0 Å². The summed E-state index contributed by atoms with van der Waals surface area (Å²) in [4.78, 5) is 27.4. The molecule has 0 aliphatic heterocycles. The van der Waals surface area contributed by atoms with Gasteiger partial charge in [-0.2, -0.15) is 0 Å². The molecule has 2 heterocycles. The zero-order valence-corrected chi connectivity index (χ0v) is 12.7. The third-order valence-electron chi connectivity index (χ3n) is 3.71. The van der Waals surface area contributed by atoms with Crippen LogP contribution in [0.5, 0.6) is 0 Å². The number of carboxylic acid groups (broad SMARTS) is 1.